The maximum atomic E-state index is 12.4. The number of aromatic nitrogens is 1. The molecule has 0 amide bonds. The number of halogens is 3. The molecule has 0 aromatic carbocycles. The predicted octanol–water partition coefficient (Wildman–Crippen LogP) is 2.72. The molecule has 1 aliphatic rings. The zero-order valence-corrected chi connectivity index (χ0v) is 10.9. The topological polar surface area (TPSA) is 59.3 Å². The van der Waals surface area contributed by atoms with E-state index in [0.717, 1.165) is 18.5 Å². The number of hydrogen-bond acceptors (Lipinski definition) is 5. The van der Waals surface area contributed by atoms with Crippen LogP contribution in [0.5, 0.6) is 0 Å². The van der Waals surface area contributed by atoms with Crippen molar-refractivity contribution < 1.29 is 18.1 Å². The van der Waals surface area contributed by atoms with Gasteiger partial charge < -0.3 is 4.90 Å². The van der Waals surface area contributed by atoms with Crippen molar-refractivity contribution >= 4 is 11.8 Å². The summed E-state index contributed by atoms with van der Waals surface area (Å²) in [6.45, 7) is 0.920. The highest BCUT2D eigenvalue weighted by molar-refractivity contribution is 8.03. The summed E-state index contributed by atoms with van der Waals surface area (Å²) in [5.41, 5.74) is -0.368. The quantitative estimate of drug-likeness (QED) is 0.635. The Morgan fingerprint density at radius 3 is 2.80 bits per heavy atom. The van der Waals surface area contributed by atoms with E-state index in [0.29, 0.717) is 29.4 Å². The lowest BCUT2D eigenvalue weighted by molar-refractivity contribution is -0.403. The van der Waals surface area contributed by atoms with Gasteiger partial charge in [-0.15, -0.1) is 11.8 Å². The Balaban J connectivity index is 2.08. The van der Waals surface area contributed by atoms with Gasteiger partial charge in [-0.2, -0.15) is 13.2 Å². The summed E-state index contributed by atoms with van der Waals surface area (Å²) < 4.78 is 37.1. The van der Waals surface area contributed by atoms with E-state index in [9.17, 15) is 23.3 Å². The van der Waals surface area contributed by atoms with Crippen molar-refractivity contribution in [3.63, 3.8) is 0 Å². The number of pyridine rings is 1. The van der Waals surface area contributed by atoms with Gasteiger partial charge in [0.1, 0.15) is 10.7 Å². The van der Waals surface area contributed by atoms with Crippen LogP contribution in [0, 0.1) is 10.1 Å². The molecule has 0 N–H and O–H groups in total. The second-order valence-electron chi connectivity index (χ2n) is 4.07. The summed E-state index contributed by atoms with van der Waals surface area (Å²) in [6.07, 6.45) is -2.40. The van der Waals surface area contributed by atoms with Gasteiger partial charge in [-0.05, 0) is 11.6 Å². The fourth-order valence-corrected chi connectivity index (χ4v) is 2.75. The minimum absolute atomic E-state index is 0.303. The van der Waals surface area contributed by atoms with E-state index in [1.54, 1.807) is 4.90 Å². The Morgan fingerprint density at radius 2 is 2.25 bits per heavy atom. The van der Waals surface area contributed by atoms with Crippen LogP contribution in [0.15, 0.2) is 29.6 Å². The molecule has 0 saturated carbocycles. The van der Waals surface area contributed by atoms with E-state index in [1.807, 2.05) is 0 Å². The van der Waals surface area contributed by atoms with Crippen molar-refractivity contribution in [2.75, 3.05) is 12.3 Å². The molecule has 1 saturated heterocycles. The minimum Gasteiger partial charge on any atom is -0.356 e. The van der Waals surface area contributed by atoms with Crippen molar-refractivity contribution in [2.45, 2.75) is 12.7 Å². The third-order valence-electron chi connectivity index (χ3n) is 2.63. The molecular formula is C11H10F3N3O2S. The van der Waals surface area contributed by atoms with Crippen LogP contribution in [0.4, 0.5) is 13.2 Å². The molecule has 0 bridgehead atoms. The molecule has 2 heterocycles. The summed E-state index contributed by atoms with van der Waals surface area (Å²) in [5, 5.41) is 11.0. The molecule has 1 aromatic rings. The average molecular weight is 305 g/mol. The van der Waals surface area contributed by atoms with Crippen LogP contribution in [-0.2, 0) is 12.7 Å². The van der Waals surface area contributed by atoms with Crippen LogP contribution in [0.3, 0.4) is 0 Å². The number of nitrogens with zero attached hydrogens (tertiary/aromatic N) is 3. The maximum absolute atomic E-state index is 12.4. The third-order valence-corrected chi connectivity index (χ3v) is 3.67. The summed E-state index contributed by atoms with van der Waals surface area (Å²) in [6, 6.07) is 2.25. The molecule has 0 spiro atoms. The molecule has 1 aliphatic heterocycles. The van der Waals surface area contributed by atoms with Crippen LogP contribution >= 0.6 is 11.8 Å². The van der Waals surface area contributed by atoms with Crippen molar-refractivity contribution in [1.82, 2.24) is 9.88 Å². The minimum atomic E-state index is -4.46. The van der Waals surface area contributed by atoms with E-state index < -0.39 is 16.8 Å². The number of hydrogen-bond donors (Lipinski definition) is 0. The van der Waals surface area contributed by atoms with Gasteiger partial charge in [-0.1, -0.05) is 6.07 Å². The van der Waals surface area contributed by atoms with E-state index in [4.69, 9.17) is 0 Å². The zero-order chi connectivity index (χ0) is 14.8. The van der Waals surface area contributed by atoms with Crippen LogP contribution in [0.2, 0.25) is 0 Å². The van der Waals surface area contributed by atoms with E-state index >= 15 is 0 Å². The Hall–Kier alpha value is -1.77. The first kappa shape index (κ1) is 14.6. The molecule has 1 aromatic heterocycles. The SMILES string of the molecule is O=[N+]([O-])C=C1SCCN1Cc1ccc(C(F)(F)F)nc1. The van der Waals surface area contributed by atoms with Gasteiger partial charge >= 0.3 is 6.18 Å². The highest BCUT2D eigenvalue weighted by Gasteiger charge is 2.32. The average Bonchev–Trinajstić information content (AvgIpc) is 2.75. The van der Waals surface area contributed by atoms with Gasteiger partial charge in [0.15, 0.2) is 0 Å². The molecule has 1 fully saturated rings. The first-order valence-corrected chi connectivity index (χ1v) is 6.60. The van der Waals surface area contributed by atoms with Crippen LogP contribution in [0.1, 0.15) is 11.3 Å². The second-order valence-corrected chi connectivity index (χ2v) is 5.19. The Morgan fingerprint density at radius 1 is 1.50 bits per heavy atom. The lowest BCUT2D eigenvalue weighted by Gasteiger charge is -2.17. The lowest BCUT2D eigenvalue weighted by Crippen LogP contribution is -2.18. The van der Waals surface area contributed by atoms with Crippen molar-refractivity contribution in [3.8, 4) is 0 Å². The molecule has 5 nitrogen and oxygen atoms in total. The largest absolute Gasteiger partial charge is 0.433 e. The van der Waals surface area contributed by atoms with Gasteiger partial charge in [0.2, 0.25) is 0 Å². The van der Waals surface area contributed by atoms with Crippen molar-refractivity contribution in [2.24, 2.45) is 0 Å². The summed E-state index contributed by atoms with van der Waals surface area (Å²) in [7, 11) is 0. The highest BCUT2D eigenvalue weighted by Crippen LogP contribution is 2.30. The smallest absolute Gasteiger partial charge is 0.356 e. The second kappa shape index (κ2) is 5.70. The van der Waals surface area contributed by atoms with Crippen LogP contribution < -0.4 is 0 Å². The monoisotopic (exact) mass is 305 g/mol. The van der Waals surface area contributed by atoms with Crippen LogP contribution in [0.25, 0.3) is 0 Å². The Bertz CT molecular complexity index is 531. The van der Waals surface area contributed by atoms with Gasteiger partial charge in [-0.25, -0.2) is 0 Å². The highest BCUT2D eigenvalue weighted by atomic mass is 32.2. The third kappa shape index (κ3) is 3.62. The normalized spacial score (nSPS) is 17.8. The standard InChI is InChI=1S/C11H10F3N3O2S/c12-11(13,14)9-2-1-8(5-15-9)6-16-3-4-20-10(16)7-17(18)19/h1-2,5,7H,3-4,6H2. The maximum Gasteiger partial charge on any atom is 0.433 e. The number of rotatable bonds is 3. The summed E-state index contributed by atoms with van der Waals surface area (Å²) in [5.74, 6) is 0.716. The molecule has 108 valence electrons. The molecule has 20 heavy (non-hydrogen) atoms. The van der Waals surface area contributed by atoms with Gasteiger partial charge in [0, 0.05) is 25.0 Å². The van der Waals surface area contributed by atoms with E-state index in [-0.39, 0.29) is 0 Å². The van der Waals surface area contributed by atoms with Gasteiger partial charge in [0.25, 0.3) is 6.20 Å². The number of thioether (sulfide) groups is 1. The lowest BCUT2D eigenvalue weighted by atomic mass is 10.2. The van der Waals surface area contributed by atoms with E-state index in [2.05, 4.69) is 4.98 Å². The molecule has 0 radical (unpaired) electrons. The molecule has 9 heteroatoms. The summed E-state index contributed by atoms with van der Waals surface area (Å²) >= 11 is 1.35. The summed E-state index contributed by atoms with van der Waals surface area (Å²) in [4.78, 5) is 15.0. The first-order chi connectivity index (χ1) is 9.36. The fraction of sp³-hybridized carbons (Fsp3) is 0.364. The first-order valence-electron chi connectivity index (χ1n) is 5.61. The Labute approximate surface area is 116 Å². The fourth-order valence-electron chi connectivity index (χ4n) is 1.73. The molecular weight excluding hydrogens is 295 g/mol. The van der Waals surface area contributed by atoms with E-state index in [1.165, 1.54) is 17.8 Å². The molecule has 0 unspecified atom stereocenters. The zero-order valence-electron chi connectivity index (χ0n) is 10.1. The molecule has 2 rings (SSSR count). The Kier molecular flexibility index (Phi) is 4.17. The van der Waals surface area contributed by atoms with Crippen molar-refractivity contribution in [3.05, 3.63) is 50.9 Å². The molecule has 0 aliphatic carbocycles. The predicted molar refractivity (Wildman–Crippen MR) is 67.2 cm³/mol. The number of nitro groups is 1. The van der Waals surface area contributed by atoms with Crippen molar-refractivity contribution in [1.29, 1.82) is 0 Å². The number of alkyl halides is 3. The van der Waals surface area contributed by atoms with Gasteiger partial charge in [-0.3, -0.25) is 15.1 Å². The molecule has 0 atom stereocenters. The van der Waals surface area contributed by atoms with Gasteiger partial charge in [0.05, 0.1) is 4.92 Å². The van der Waals surface area contributed by atoms with Crippen LogP contribution in [-0.4, -0.2) is 27.1 Å².